The predicted octanol–water partition coefficient (Wildman–Crippen LogP) is 6.32. The number of hydrogen-bond acceptors (Lipinski definition) is 2. The van der Waals surface area contributed by atoms with Crippen molar-refractivity contribution in [3.05, 3.63) is 89.1 Å². The molecule has 1 atom stereocenters. The second-order valence-electron chi connectivity index (χ2n) is 6.03. The topological polar surface area (TPSA) is 30.0 Å². The van der Waals surface area contributed by atoms with E-state index in [4.69, 9.17) is 11.6 Å². The summed E-state index contributed by atoms with van der Waals surface area (Å²) >= 11 is 5.78. The summed E-state index contributed by atoms with van der Waals surface area (Å²) in [7, 11) is 0. The molecule has 1 heterocycles. The number of benzene rings is 2. The highest BCUT2D eigenvalue weighted by atomic mass is 35.5. The van der Waals surface area contributed by atoms with Crippen molar-refractivity contribution in [2.45, 2.75) is 18.5 Å². The Morgan fingerprint density at radius 3 is 2.26 bits per heavy atom. The second-order valence-corrected chi connectivity index (χ2v) is 6.47. The zero-order chi connectivity index (χ0) is 19.4. The van der Waals surface area contributed by atoms with Gasteiger partial charge < -0.3 is 0 Å². The van der Waals surface area contributed by atoms with E-state index in [-0.39, 0.29) is 11.1 Å². The Balaban J connectivity index is 2.00. The molecule has 0 bridgehead atoms. The van der Waals surface area contributed by atoms with Crippen molar-refractivity contribution in [1.29, 1.82) is 0 Å². The van der Waals surface area contributed by atoms with Crippen molar-refractivity contribution in [2.24, 2.45) is 0 Å². The first-order valence-electron chi connectivity index (χ1n) is 8.22. The van der Waals surface area contributed by atoms with Gasteiger partial charge in [-0.2, -0.15) is 13.2 Å². The van der Waals surface area contributed by atoms with Gasteiger partial charge in [-0.3, -0.25) is 9.78 Å². The van der Waals surface area contributed by atoms with Gasteiger partial charge >= 0.3 is 6.18 Å². The zero-order valence-electron chi connectivity index (χ0n) is 14.1. The quantitative estimate of drug-likeness (QED) is 0.478. The van der Waals surface area contributed by atoms with Crippen LogP contribution < -0.4 is 0 Å². The molecule has 0 spiro atoms. The van der Waals surface area contributed by atoms with Crippen molar-refractivity contribution in [2.75, 3.05) is 0 Å². The number of Topliss-reactive ketones (excluding diaryl/α,β-unsaturated/α-hetero) is 1. The molecule has 0 aliphatic heterocycles. The van der Waals surface area contributed by atoms with Gasteiger partial charge in [0.1, 0.15) is 0 Å². The highest BCUT2D eigenvalue weighted by Gasteiger charge is 2.43. The number of alkyl halides is 3. The van der Waals surface area contributed by atoms with Gasteiger partial charge in [0.25, 0.3) is 0 Å². The van der Waals surface area contributed by atoms with Gasteiger partial charge in [-0.25, -0.2) is 0 Å². The molecule has 0 amide bonds. The summed E-state index contributed by atoms with van der Waals surface area (Å²) in [5, 5.41) is 0.416. The third kappa shape index (κ3) is 4.55. The Bertz CT molecular complexity index is 924. The van der Waals surface area contributed by atoms with Crippen LogP contribution in [-0.2, 0) is 0 Å². The van der Waals surface area contributed by atoms with E-state index in [0.29, 0.717) is 16.3 Å². The molecule has 3 rings (SSSR count). The van der Waals surface area contributed by atoms with Crippen LogP contribution in [0.25, 0.3) is 11.3 Å². The van der Waals surface area contributed by atoms with Crippen LogP contribution in [0, 0.1) is 0 Å². The second kappa shape index (κ2) is 7.92. The first kappa shape index (κ1) is 19.1. The van der Waals surface area contributed by atoms with E-state index in [9.17, 15) is 18.0 Å². The molecule has 0 aliphatic rings. The molecular formula is C21H15ClF3NO. The first-order chi connectivity index (χ1) is 12.9. The van der Waals surface area contributed by atoms with Crippen LogP contribution in [0.1, 0.15) is 28.3 Å². The van der Waals surface area contributed by atoms with Crippen LogP contribution in [0.4, 0.5) is 13.2 Å². The molecule has 6 heteroatoms. The molecule has 0 aliphatic carbocycles. The third-order valence-electron chi connectivity index (χ3n) is 4.23. The number of pyridine rings is 1. The molecule has 1 unspecified atom stereocenters. The molecule has 0 N–H and O–H groups in total. The molecule has 0 saturated heterocycles. The minimum atomic E-state index is -4.58. The lowest BCUT2D eigenvalue weighted by Gasteiger charge is -2.22. The average Bonchev–Trinajstić information content (AvgIpc) is 2.66. The van der Waals surface area contributed by atoms with E-state index >= 15 is 0 Å². The number of nitrogens with zero attached hydrogens (tertiary/aromatic N) is 1. The summed E-state index contributed by atoms with van der Waals surface area (Å²) < 4.78 is 41.5. The van der Waals surface area contributed by atoms with E-state index in [1.165, 1.54) is 42.6 Å². The molecule has 0 radical (unpaired) electrons. The smallest absolute Gasteiger partial charge is 0.294 e. The lowest BCUT2D eigenvalue weighted by atomic mass is 9.87. The van der Waals surface area contributed by atoms with Crippen LogP contribution in [-0.4, -0.2) is 16.9 Å². The zero-order valence-corrected chi connectivity index (χ0v) is 14.8. The lowest BCUT2D eigenvalue weighted by molar-refractivity contribution is -0.149. The van der Waals surface area contributed by atoms with Crippen molar-refractivity contribution >= 4 is 17.4 Å². The highest BCUT2D eigenvalue weighted by molar-refractivity contribution is 6.30. The van der Waals surface area contributed by atoms with Crippen LogP contribution >= 0.6 is 11.6 Å². The van der Waals surface area contributed by atoms with Gasteiger partial charge in [0.15, 0.2) is 5.78 Å². The largest absolute Gasteiger partial charge is 0.396 e. The van der Waals surface area contributed by atoms with E-state index in [1.807, 2.05) is 0 Å². The van der Waals surface area contributed by atoms with Crippen LogP contribution in [0.3, 0.4) is 0 Å². The van der Waals surface area contributed by atoms with Crippen molar-refractivity contribution in [1.82, 2.24) is 4.98 Å². The van der Waals surface area contributed by atoms with Crippen molar-refractivity contribution in [3.8, 4) is 11.3 Å². The molecular weight excluding hydrogens is 375 g/mol. The van der Waals surface area contributed by atoms with Gasteiger partial charge in [0.2, 0.25) is 0 Å². The maximum Gasteiger partial charge on any atom is 0.396 e. The fraction of sp³-hybridized carbons (Fsp3) is 0.143. The normalized spacial score (nSPS) is 12.6. The molecule has 138 valence electrons. The number of hydrogen-bond donors (Lipinski definition) is 0. The summed E-state index contributed by atoms with van der Waals surface area (Å²) in [6.45, 7) is 0. The molecule has 2 aromatic carbocycles. The van der Waals surface area contributed by atoms with E-state index in [2.05, 4.69) is 4.98 Å². The van der Waals surface area contributed by atoms with Gasteiger partial charge in [-0.05, 0) is 42.0 Å². The summed E-state index contributed by atoms with van der Waals surface area (Å²) in [6.07, 6.45) is -3.74. The minimum absolute atomic E-state index is 0.0333. The number of carbonyl (C=O) groups excluding carboxylic acids is 1. The monoisotopic (exact) mass is 389 g/mol. The SMILES string of the molecule is O=C(CC(c1ccccc1-c1ccccn1)C(F)(F)F)c1ccc(Cl)cc1. The lowest BCUT2D eigenvalue weighted by Crippen LogP contribution is -2.24. The van der Waals surface area contributed by atoms with Crippen molar-refractivity contribution in [3.63, 3.8) is 0 Å². The summed E-state index contributed by atoms with van der Waals surface area (Å²) in [5.74, 6) is -2.52. The Morgan fingerprint density at radius 1 is 0.963 bits per heavy atom. The Kier molecular flexibility index (Phi) is 5.61. The van der Waals surface area contributed by atoms with Crippen LogP contribution in [0.15, 0.2) is 72.9 Å². The summed E-state index contributed by atoms with van der Waals surface area (Å²) in [5.41, 5.74) is 1.03. The third-order valence-corrected chi connectivity index (χ3v) is 4.48. The number of carbonyl (C=O) groups is 1. The maximum absolute atomic E-state index is 13.8. The number of ketones is 1. The standard InChI is InChI=1S/C21H15ClF3NO/c22-15-10-8-14(9-11-15)20(27)13-18(21(23,24)25)16-5-1-2-6-17(16)19-7-3-4-12-26-19/h1-12,18H,13H2. The van der Waals surface area contributed by atoms with Gasteiger partial charge in [0, 0.05) is 28.8 Å². The first-order valence-corrected chi connectivity index (χ1v) is 8.60. The van der Waals surface area contributed by atoms with E-state index < -0.39 is 24.3 Å². The van der Waals surface area contributed by atoms with Crippen LogP contribution in [0.5, 0.6) is 0 Å². The Labute approximate surface area is 159 Å². The number of rotatable bonds is 5. The summed E-state index contributed by atoms with van der Waals surface area (Å²) in [6, 6.07) is 17.1. The van der Waals surface area contributed by atoms with Gasteiger partial charge in [0.05, 0.1) is 11.6 Å². The Hall–Kier alpha value is -2.66. The van der Waals surface area contributed by atoms with E-state index in [0.717, 1.165) is 0 Å². The highest BCUT2D eigenvalue weighted by Crippen LogP contribution is 2.41. The average molecular weight is 390 g/mol. The Morgan fingerprint density at radius 2 is 1.63 bits per heavy atom. The maximum atomic E-state index is 13.8. The number of halogens is 4. The molecule has 2 nitrogen and oxygen atoms in total. The van der Waals surface area contributed by atoms with Crippen LogP contribution in [0.2, 0.25) is 5.02 Å². The predicted molar refractivity (Wildman–Crippen MR) is 98.9 cm³/mol. The molecule has 0 fully saturated rings. The molecule has 0 saturated carbocycles. The van der Waals surface area contributed by atoms with E-state index in [1.54, 1.807) is 30.3 Å². The molecule has 27 heavy (non-hydrogen) atoms. The molecule has 3 aromatic rings. The van der Waals surface area contributed by atoms with Gasteiger partial charge in [-0.15, -0.1) is 0 Å². The fourth-order valence-electron chi connectivity index (χ4n) is 2.90. The minimum Gasteiger partial charge on any atom is -0.294 e. The van der Waals surface area contributed by atoms with Gasteiger partial charge in [-0.1, -0.05) is 41.9 Å². The number of aromatic nitrogens is 1. The summed E-state index contributed by atoms with van der Waals surface area (Å²) in [4.78, 5) is 16.6. The molecule has 1 aromatic heterocycles. The fourth-order valence-corrected chi connectivity index (χ4v) is 3.02. The van der Waals surface area contributed by atoms with Crippen molar-refractivity contribution < 1.29 is 18.0 Å².